The number of thiophene rings is 1. The van der Waals surface area contributed by atoms with E-state index in [1.54, 1.807) is 6.07 Å². The quantitative estimate of drug-likeness (QED) is 0.763. The minimum atomic E-state index is 0.166. The number of rotatable bonds is 6. The Kier molecular flexibility index (Phi) is 5.64. The number of halogens is 1. The predicted molar refractivity (Wildman–Crippen MR) is 89.4 cm³/mol. The molecule has 1 aromatic carbocycles. The molecule has 108 valence electrons. The molecule has 0 aliphatic rings. The van der Waals surface area contributed by atoms with Crippen molar-refractivity contribution in [2.75, 3.05) is 0 Å². The fraction of sp³-hybridized carbons (Fsp3) is 0.375. The Morgan fingerprint density at radius 1 is 1.20 bits per heavy atom. The van der Waals surface area contributed by atoms with Gasteiger partial charge in [0, 0.05) is 32.4 Å². The fourth-order valence-corrected chi connectivity index (χ4v) is 3.50. The van der Waals surface area contributed by atoms with E-state index in [2.05, 4.69) is 47.2 Å². The molecule has 2 N–H and O–H groups in total. The van der Waals surface area contributed by atoms with Gasteiger partial charge in [-0.15, -0.1) is 11.3 Å². The van der Waals surface area contributed by atoms with E-state index in [-0.39, 0.29) is 6.04 Å². The largest absolute Gasteiger partial charge is 0.508 e. The van der Waals surface area contributed by atoms with Crippen LogP contribution in [0, 0.1) is 0 Å². The van der Waals surface area contributed by atoms with Crippen molar-refractivity contribution < 1.29 is 5.11 Å². The average molecular weight is 354 g/mol. The van der Waals surface area contributed by atoms with E-state index in [4.69, 9.17) is 0 Å². The summed E-state index contributed by atoms with van der Waals surface area (Å²) in [5.41, 5.74) is 0.953. The normalized spacial score (nSPS) is 12.6. The number of benzene rings is 1. The molecule has 1 heterocycles. The summed E-state index contributed by atoms with van der Waals surface area (Å²) in [6.07, 6.45) is 2.03. The molecule has 0 saturated heterocycles. The minimum absolute atomic E-state index is 0.166. The second kappa shape index (κ2) is 7.25. The van der Waals surface area contributed by atoms with Gasteiger partial charge in [0.2, 0.25) is 0 Å². The lowest BCUT2D eigenvalue weighted by molar-refractivity contribution is 0.441. The van der Waals surface area contributed by atoms with Crippen LogP contribution in [0.15, 0.2) is 34.8 Å². The summed E-state index contributed by atoms with van der Waals surface area (Å²) in [6, 6.07) is 10.1. The first-order valence-corrected chi connectivity index (χ1v) is 8.54. The van der Waals surface area contributed by atoms with Crippen LogP contribution in [0.25, 0.3) is 0 Å². The van der Waals surface area contributed by atoms with Gasteiger partial charge in [-0.25, -0.2) is 0 Å². The fourth-order valence-electron chi connectivity index (χ4n) is 2.21. The predicted octanol–water partition coefficient (Wildman–Crippen LogP) is 5.02. The number of hydrogen-bond donors (Lipinski definition) is 2. The van der Waals surface area contributed by atoms with E-state index in [1.165, 1.54) is 9.75 Å². The van der Waals surface area contributed by atoms with E-state index in [0.29, 0.717) is 5.75 Å². The lowest BCUT2D eigenvalue weighted by Gasteiger charge is -2.18. The maximum Gasteiger partial charge on any atom is 0.120 e. The van der Waals surface area contributed by atoms with E-state index in [9.17, 15) is 5.11 Å². The molecule has 0 saturated carbocycles. The third-order valence-electron chi connectivity index (χ3n) is 3.36. The van der Waals surface area contributed by atoms with Gasteiger partial charge in [-0.05, 0) is 43.2 Å². The van der Waals surface area contributed by atoms with Crippen molar-refractivity contribution in [3.8, 4) is 5.75 Å². The summed E-state index contributed by atoms with van der Waals surface area (Å²) in [5, 5.41) is 13.6. The van der Waals surface area contributed by atoms with Crippen LogP contribution in [0.3, 0.4) is 0 Å². The van der Waals surface area contributed by atoms with E-state index >= 15 is 0 Å². The van der Waals surface area contributed by atoms with Gasteiger partial charge in [0.1, 0.15) is 5.75 Å². The molecule has 0 aliphatic carbocycles. The molecule has 1 unspecified atom stereocenters. The van der Waals surface area contributed by atoms with Crippen molar-refractivity contribution in [2.24, 2.45) is 0 Å². The van der Waals surface area contributed by atoms with Gasteiger partial charge in [0.25, 0.3) is 0 Å². The first kappa shape index (κ1) is 15.5. The van der Waals surface area contributed by atoms with Crippen LogP contribution < -0.4 is 5.32 Å². The van der Waals surface area contributed by atoms with E-state index in [1.807, 2.05) is 23.5 Å². The van der Waals surface area contributed by atoms with Gasteiger partial charge in [-0.2, -0.15) is 0 Å². The van der Waals surface area contributed by atoms with Crippen molar-refractivity contribution in [3.63, 3.8) is 0 Å². The number of aromatic hydroxyl groups is 1. The van der Waals surface area contributed by atoms with Crippen molar-refractivity contribution in [1.82, 2.24) is 5.32 Å². The van der Waals surface area contributed by atoms with E-state index in [0.717, 1.165) is 29.4 Å². The van der Waals surface area contributed by atoms with Crippen LogP contribution in [0.5, 0.6) is 5.75 Å². The summed E-state index contributed by atoms with van der Waals surface area (Å²) in [7, 11) is 0. The maximum absolute atomic E-state index is 10.0. The third kappa shape index (κ3) is 3.84. The Hall–Kier alpha value is -0.840. The third-order valence-corrected chi connectivity index (χ3v) is 5.08. The highest BCUT2D eigenvalue weighted by Gasteiger charge is 2.14. The summed E-state index contributed by atoms with van der Waals surface area (Å²) in [6.45, 7) is 5.15. The van der Waals surface area contributed by atoms with Crippen LogP contribution in [0.4, 0.5) is 0 Å². The van der Waals surface area contributed by atoms with Gasteiger partial charge >= 0.3 is 0 Å². The van der Waals surface area contributed by atoms with Crippen LogP contribution >= 0.6 is 27.3 Å². The summed E-state index contributed by atoms with van der Waals surface area (Å²) >= 11 is 5.32. The Bertz CT molecular complexity index is 567. The maximum atomic E-state index is 10.0. The number of aryl methyl sites for hydroxylation is 1. The molecule has 2 aromatic rings. The van der Waals surface area contributed by atoms with Crippen LogP contribution in [0.2, 0.25) is 0 Å². The minimum Gasteiger partial charge on any atom is -0.508 e. The molecule has 0 aliphatic heterocycles. The molecule has 4 heteroatoms. The summed E-state index contributed by atoms with van der Waals surface area (Å²) in [5.74, 6) is 0.355. The Balaban J connectivity index is 2.07. The van der Waals surface area contributed by atoms with Gasteiger partial charge in [0.15, 0.2) is 0 Å². The number of hydrogen-bond acceptors (Lipinski definition) is 3. The smallest absolute Gasteiger partial charge is 0.120 e. The number of phenolic OH excluding ortho intramolecular Hbond substituents is 1. The average Bonchev–Trinajstić information content (AvgIpc) is 2.91. The Morgan fingerprint density at radius 3 is 2.60 bits per heavy atom. The standard InChI is InChI=1S/C16H20BrNOS/c1-3-12-6-7-13(20-12)10-18-15(4-2)14-9-11(17)5-8-16(14)19/h5-9,15,18-19H,3-4,10H2,1-2H3. The molecule has 2 rings (SSSR count). The van der Waals surface area contributed by atoms with Crippen LogP contribution in [-0.4, -0.2) is 5.11 Å². The molecule has 20 heavy (non-hydrogen) atoms. The van der Waals surface area contributed by atoms with Gasteiger partial charge in [-0.3, -0.25) is 0 Å². The van der Waals surface area contributed by atoms with Crippen molar-refractivity contribution >= 4 is 27.3 Å². The van der Waals surface area contributed by atoms with Crippen LogP contribution in [0.1, 0.15) is 41.6 Å². The molecule has 0 fully saturated rings. The van der Waals surface area contributed by atoms with Gasteiger partial charge in [0.05, 0.1) is 0 Å². The second-order valence-electron chi connectivity index (χ2n) is 4.77. The molecule has 0 bridgehead atoms. The van der Waals surface area contributed by atoms with Gasteiger partial charge in [-0.1, -0.05) is 29.8 Å². The van der Waals surface area contributed by atoms with Crippen molar-refractivity contribution in [3.05, 3.63) is 50.1 Å². The molecular weight excluding hydrogens is 334 g/mol. The Morgan fingerprint density at radius 2 is 1.95 bits per heavy atom. The SMILES string of the molecule is CCc1ccc(CNC(CC)c2cc(Br)ccc2O)s1. The zero-order valence-electron chi connectivity index (χ0n) is 11.8. The highest BCUT2D eigenvalue weighted by atomic mass is 79.9. The lowest BCUT2D eigenvalue weighted by Crippen LogP contribution is -2.19. The molecular formula is C16H20BrNOS. The number of nitrogens with one attached hydrogen (secondary N) is 1. The topological polar surface area (TPSA) is 32.3 Å². The zero-order chi connectivity index (χ0) is 14.5. The first-order valence-electron chi connectivity index (χ1n) is 6.93. The van der Waals surface area contributed by atoms with E-state index < -0.39 is 0 Å². The number of phenols is 1. The van der Waals surface area contributed by atoms with Crippen molar-refractivity contribution in [1.29, 1.82) is 0 Å². The second-order valence-corrected chi connectivity index (χ2v) is 6.94. The van der Waals surface area contributed by atoms with Gasteiger partial charge < -0.3 is 10.4 Å². The highest BCUT2D eigenvalue weighted by molar-refractivity contribution is 9.10. The van der Waals surface area contributed by atoms with Crippen molar-refractivity contribution in [2.45, 2.75) is 39.3 Å². The molecule has 0 spiro atoms. The molecule has 2 nitrogen and oxygen atoms in total. The summed E-state index contributed by atoms with van der Waals surface area (Å²) < 4.78 is 0.995. The monoisotopic (exact) mass is 353 g/mol. The lowest BCUT2D eigenvalue weighted by atomic mass is 10.0. The molecule has 0 radical (unpaired) electrons. The highest BCUT2D eigenvalue weighted by Crippen LogP contribution is 2.30. The molecule has 1 atom stereocenters. The summed E-state index contributed by atoms with van der Waals surface area (Å²) in [4.78, 5) is 2.76. The molecule has 0 amide bonds. The molecule has 1 aromatic heterocycles. The van der Waals surface area contributed by atoms with Crippen LogP contribution in [-0.2, 0) is 13.0 Å². The first-order chi connectivity index (χ1) is 9.63. The Labute approximate surface area is 133 Å². The zero-order valence-corrected chi connectivity index (χ0v) is 14.2.